The van der Waals surface area contributed by atoms with E-state index >= 15 is 0 Å². The Kier molecular flexibility index (Phi) is 36.7. The fourth-order valence-corrected chi connectivity index (χ4v) is 4.21. The molecule has 0 aromatic rings. The maximum atomic E-state index is 10.6. The average molecular weight is 718 g/mol. The van der Waals surface area contributed by atoms with Crippen molar-refractivity contribution >= 4 is 93.1 Å². The summed E-state index contributed by atoms with van der Waals surface area (Å²) in [6, 6.07) is 0. The van der Waals surface area contributed by atoms with Crippen molar-refractivity contribution in [3.05, 3.63) is 0 Å². The van der Waals surface area contributed by atoms with Crippen molar-refractivity contribution in [2.75, 3.05) is 74.9 Å². The third-order valence-electron chi connectivity index (χ3n) is 1.96. The van der Waals surface area contributed by atoms with Crippen LogP contribution in [0, 0.1) is 0 Å². The summed E-state index contributed by atoms with van der Waals surface area (Å²) in [5.74, 6) is 0.646. The number of hydrogen-bond donors (Lipinski definition) is 0. The molecule has 0 atom stereocenters. The van der Waals surface area contributed by atoms with Crippen LogP contribution in [0.5, 0.6) is 0 Å². The van der Waals surface area contributed by atoms with Gasteiger partial charge in [0.05, 0.1) is 39.6 Å². The van der Waals surface area contributed by atoms with E-state index in [1.165, 1.54) is 0 Å². The Bertz CT molecular complexity index is 473. The first-order chi connectivity index (χ1) is 15.4. The standard InChI is InChI=1S/3C4H9Cl2O4P.Cr/c3*5-1-3-9-11(7,8)10-4-2-6;/h3*1-4H2,(H,7,8);/q;;;+3/p-3. The van der Waals surface area contributed by atoms with E-state index < -0.39 is 23.5 Å². The van der Waals surface area contributed by atoms with Crippen LogP contribution in [-0.4, -0.2) is 74.9 Å². The molecule has 207 valence electrons. The minimum Gasteiger partial charge on any atom is -0.756 e. The van der Waals surface area contributed by atoms with Gasteiger partial charge in [-0.05, 0) is 0 Å². The molecule has 0 aliphatic heterocycles. The van der Waals surface area contributed by atoms with Crippen molar-refractivity contribution < 1.29 is 72.9 Å². The quantitative estimate of drug-likeness (QED) is 0.150. The molecule has 0 aliphatic rings. The normalized spacial score (nSPS) is 11.6. The predicted molar refractivity (Wildman–Crippen MR) is 123 cm³/mol. The Labute approximate surface area is 239 Å². The van der Waals surface area contributed by atoms with Gasteiger partial charge in [-0.1, -0.05) is 0 Å². The molecular formula is C12H24Cl6CrO12P3. The molecule has 0 aliphatic carbocycles. The predicted octanol–water partition coefficient (Wildman–Crippen LogP) is 2.89. The zero-order chi connectivity index (χ0) is 26.2. The second kappa shape index (κ2) is 28.6. The van der Waals surface area contributed by atoms with Gasteiger partial charge >= 0.3 is 17.4 Å². The Balaban J connectivity index is -0.000000196. The van der Waals surface area contributed by atoms with E-state index in [-0.39, 0.29) is 92.3 Å². The number of phosphoric ester groups is 3. The molecule has 0 saturated heterocycles. The van der Waals surface area contributed by atoms with E-state index in [9.17, 15) is 28.4 Å². The molecule has 0 amide bonds. The summed E-state index contributed by atoms with van der Waals surface area (Å²) in [7, 11) is -12.4. The molecule has 1 radical (unpaired) electrons. The number of alkyl halides is 6. The largest absolute Gasteiger partial charge is 3.00 e. The first kappa shape index (κ1) is 43.6. The molecule has 0 heterocycles. The molecule has 0 saturated carbocycles. The molecule has 0 rings (SSSR count). The van der Waals surface area contributed by atoms with Gasteiger partial charge in [-0.3, -0.25) is 13.7 Å². The molecule has 0 unspecified atom stereocenters. The molecule has 0 aromatic heterocycles. The number of rotatable bonds is 18. The van der Waals surface area contributed by atoms with Gasteiger partial charge in [-0.15, -0.1) is 69.6 Å². The van der Waals surface area contributed by atoms with Crippen LogP contribution in [0.4, 0.5) is 0 Å². The van der Waals surface area contributed by atoms with Crippen LogP contribution in [0.1, 0.15) is 0 Å². The SMILES string of the molecule is O=P([O-])(OCCCl)OCCCl.O=P([O-])(OCCCl)OCCCl.O=P([O-])(OCCCl)OCCCl.[Cr+3]. The Morgan fingerprint density at radius 1 is 0.412 bits per heavy atom. The van der Waals surface area contributed by atoms with E-state index in [1.54, 1.807) is 0 Å². The summed E-state index contributed by atoms with van der Waals surface area (Å²) >= 11 is 31.0. The van der Waals surface area contributed by atoms with Crippen molar-refractivity contribution in [3.8, 4) is 0 Å². The summed E-state index contributed by atoms with van der Waals surface area (Å²) in [6.07, 6.45) is 0. The minimum absolute atomic E-state index is 0. The fourth-order valence-electron chi connectivity index (χ4n) is 0.990. The maximum absolute atomic E-state index is 10.6. The van der Waals surface area contributed by atoms with E-state index in [0.717, 1.165) is 0 Å². The summed E-state index contributed by atoms with van der Waals surface area (Å²) in [5, 5.41) is 0. The van der Waals surface area contributed by atoms with Gasteiger partial charge in [-0.25, -0.2) is 0 Å². The van der Waals surface area contributed by atoms with Gasteiger partial charge in [0, 0.05) is 35.3 Å². The number of phosphoric acid groups is 3. The summed E-state index contributed by atoms with van der Waals surface area (Å²) in [6.45, 7) is -0.473. The Hall–Kier alpha value is 2.60. The summed E-state index contributed by atoms with van der Waals surface area (Å²) in [5.41, 5.74) is 0. The van der Waals surface area contributed by atoms with E-state index in [4.69, 9.17) is 69.6 Å². The van der Waals surface area contributed by atoms with E-state index in [1.807, 2.05) is 0 Å². The monoisotopic (exact) mass is 715 g/mol. The van der Waals surface area contributed by atoms with Gasteiger partial charge < -0.3 is 41.8 Å². The molecule has 34 heavy (non-hydrogen) atoms. The number of hydrogen-bond acceptors (Lipinski definition) is 12. The summed E-state index contributed by atoms with van der Waals surface area (Å²) < 4.78 is 57.5. The first-order valence-corrected chi connectivity index (χ1v) is 16.1. The van der Waals surface area contributed by atoms with Crippen LogP contribution in [0.3, 0.4) is 0 Å². The van der Waals surface area contributed by atoms with Gasteiger partial charge in [-0.2, -0.15) is 0 Å². The fraction of sp³-hybridized carbons (Fsp3) is 1.00. The third kappa shape index (κ3) is 36.8. The van der Waals surface area contributed by atoms with Crippen LogP contribution in [0.15, 0.2) is 0 Å². The molecule has 0 bridgehead atoms. The molecule has 0 spiro atoms. The Morgan fingerprint density at radius 3 is 0.618 bits per heavy atom. The van der Waals surface area contributed by atoms with Gasteiger partial charge in [0.1, 0.15) is 0 Å². The van der Waals surface area contributed by atoms with Gasteiger partial charge in [0.2, 0.25) is 0 Å². The molecule has 22 heteroatoms. The molecule has 0 fully saturated rings. The molecule has 0 N–H and O–H groups in total. The van der Waals surface area contributed by atoms with Crippen LogP contribution < -0.4 is 14.7 Å². The van der Waals surface area contributed by atoms with Crippen LogP contribution in [0.25, 0.3) is 0 Å². The number of halogens is 6. The van der Waals surface area contributed by atoms with E-state index in [0.29, 0.717) is 0 Å². The van der Waals surface area contributed by atoms with Gasteiger partial charge in [0.15, 0.2) is 0 Å². The van der Waals surface area contributed by atoms with E-state index in [2.05, 4.69) is 27.1 Å². The second-order valence-corrected chi connectivity index (χ2v) is 11.0. The zero-order valence-corrected chi connectivity index (χ0v) is 25.9. The zero-order valence-electron chi connectivity index (χ0n) is 17.4. The van der Waals surface area contributed by atoms with Crippen molar-refractivity contribution in [1.82, 2.24) is 0 Å². The smallest absolute Gasteiger partial charge is 0.756 e. The second-order valence-electron chi connectivity index (χ2n) is 4.47. The topological polar surface area (TPSA) is 176 Å². The first-order valence-electron chi connectivity index (χ1n) is 8.53. The molecule has 0 aromatic carbocycles. The van der Waals surface area contributed by atoms with Crippen molar-refractivity contribution in [2.24, 2.45) is 0 Å². The van der Waals surface area contributed by atoms with Crippen LogP contribution in [-0.2, 0) is 58.2 Å². The van der Waals surface area contributed by atoms with Crippen molar-refractivity contribution in [1.29, 1.82) is 0 Å². The van der Waals surface area contributed by atoms with Crippen molar-refractivity contribution in [2.45, 2.75) is 0 Å². The van der Waals surface area contributed by atoms with Crippen molar-refractivity contribution in [3.63, 3.8) is 0 Å². The Morgan fingerprint density at radius 2 is 0.529 bits per heavy atom. The average Bonchev–Trinajstić information content (AvgIpc) is 2.77. The molecular weight excluding hydrogens is 694 g/mol. The van der Waals surface area contributed by atoms with Crippen LogP contribution >= 0.6 is 93.1 Å². The summed E-state index contributed by atoms with van der Waals surface area (Å²) in [4.78, 5) is 31.8. The third-order valence-corrected chi connectivity index (χ3v) is 5.88. The maximum Gasteiger partial charge on any atom is 3.00 e. The molecule has 12 nitrogen and oxygen atoms in total. The van der Waals surface area contributed by atoms with Crippen LogP contribution in [0.2, 0.25) is 0 Å². The minimum atomic E-state index is -4.14. The van der Waals surface area contributed by atoms with Gasteiger partial charge in [0.25, 0.3) is 23.5 Å².